The highest BCUT2D eigenvalue weighted by atomic mass is 35.5. The number of aliphatic imine (C=N–C) groups is 1. The molecule has 1 fully saturated rings. The average molecular weight is 366 g/mol. The van der Waals surface area contributed by atoms with E-state index in [1.807, 2.05) is 31.3 Å². The molecule has 0 aromatic heterocycles. The number of piperazine rings is 1. The molecule has 0 radical (unpaired) electrons. The van der Waals surface area contributed by atoms with Gasteiger partial charge in [-0.15, -0.1) is 0 Å². The molecule has 5 nitrogen and oxygen atoms in total. The van der Waals surface area contributed by atoms with E-state index in [0.29, 0.717) is 0 Å². The van der Waals surface area contributed by atoms with Crippen LogP contribution in [-0.2, 0) is 6.54 Å². The van der Waals surface area contributed by atoms with Crippen molar-refractivity contribution in [1.82, 2.24) is 20.4 Å². The number of unbranched alkanes of at least 4 members (excludes halogenated alkanes) is 1. The van der Waals surface area contributed by atoms with Gasteiger partial charge in [0, 0.05) is 51.3 Å². The predicted molar refractivity (Wildman–Crippen MR) is 107 cm³/mol. The Hall–Kier alpha value is -1.30. The number of guanidine groups is 1. The van der Waals surface area contributed by atoms with Crippen LogP contribution in [0.25, 0.3) is 0 Å². The lowest BCUT2D eigenvalue weighted by Gasteiger charge is -2.34. The quantitative estimate of drug-likeness (QED) is 0.422. The molecular formula is C19H32ClN5. The highest BCUT2D eigenvalue weighted by Gasteiger charge is 2.14. The molecule has 6 heteroatoms. The van der Waals surface area contributed by atoms with Crippen LogP contribution in [0.5, 0.6) is 0 Å². The van der Waals surface area contributed by atoms with E-state index in [0.717, 1.165) is 30.5 Å². The first kappa shape index (κ1) is 20.0. The third-order valence-corrected chi connectivity index (χ3v) is 4.95. The molecule has 25 heavy (non-hydrogen) atoms. The van der Waals surface area contributed by atoms with Gasteiger partial charge < -0.3 is 20.4 Å². The van der Waals surface area contributed by atoms with Crippen LogP contribution < -0.4 is 10.6 Å². The van der Waals surface area contributed by atoms with E-state index >= 15 is 0 Å². The minimum Gasteiger partial charge on any atom is -0.356 e. The van der Waals surface area contributed by atoms with Gasteiger partial charge in [0.2, 0.25) is 0 Å². The first-order chi connectivity index (χ1) is 12.2. The van der Waals surface area contributed by atoms with E-state index in [9.17, 15) is 0 Å². The van der Waals surface area contributed by atoms with Gasteiger partial charge in [0.1, 0.15) is 0 Å². The molecule has 1 aliphatic heterocycles. The summed E-state index contributed by atoms with van der Waals surface area (Å²) < 4.78 is 0. The average Bonchev–Trinajstić information content (AvgIpc) is 2.65. The lowest BCUT2D eigenvalue weighted by atomic mass is 10.2. The number of rotatable bonds is 8. The number of halogens is 1. The van der Waals surface area contributed by atoms with Crippen LogP contribution in [0, 0.1) is 0 Å². The van der Waals surface area contributed by atoms with Crippen LogP contribution in [-0.4, -0.2) is 68.6 Å². The van der Waals surface area contributed by atoms with Crippen molar-refractivity contribution in [2.75, 3.05) is 52.9 Å². The summed E-state index contributed by atoms with van der Waals surface area (Å²) in [6, 6.07) is 7.88. The molecule has 1 aromatic rings. The standard InChI is InChI=1S/C19H32ClN5/c1-3-24-12-14-25(15-13-24)11-5-4-10-22-19(21-2)23-16-17-6-8-18(20)9-7-17/h6-9H,3-5,10-16H2,1-2H3,(H2,21,22,23). The predicted octanol–water partition coefficient (Wildman–Crippen LogP) is 2.42. The molecule has 0 spiro atoms. The van der Waals surface area contributed by atoms with Gasteiger partial charge in [0.25, 0.3) is 0 Å². The molecule has 0 saturated carbocycles. The summed E-state index contributed by atoms with van der Waals surface area (Å²) >= 11 is 5.91. The van der Waals surface area contributed by atoms with E-state index in [1.54, 1.807) is 0 Å². The maximum Gasteiger partial charge on any atom is 0.191 e. The number of benzene rings is 1. The van der Waals surface area contributed by atoms with Crippen LogP contribution in [0.1, 0.15) is 25.3 Å². The summed E-state index contributed by atoms with van der Waals surface area (Å²) in [6.45, 7) is 11.2. The number of nitrogens with zero attached hydrogens (tertiary/aromatic N) is 3. The third kappa shape index (κ3) is 7.63. The van der Waals surface area contributed by atoms with Crippen LogP contribution in [0.15, 0.2) is 29.3 Å². The molecule has 1 aromatic carbocycles. The summed E-state index contributed by atoms with van der Waals surface area (Å²) in [6.07, 6.45) is 2.39. The number of hydrogen-bond acceptors (Lipinski definition) is 3. The fraction of sp³-hybridized carbons (Fsp3) is 0.632. The molecule has 1 aliphatic rings. The number of likely N-dealkylation sites (N-methyl/N-ethyl adjacent to an activating group) is 1. The zero-order chi connectivity index (χ0) is 17.9. The van der Waals surface area contributed by atoms with Crippen molar-refractivity contribution < 1.29 is 0 Å². The zero-order valence-corrected chi connectivity index (χ0v) is 16.4. The second-order valence-corrected chi connectivity index (χ2v) is 6.90. The molecule has 0 atom stereocenters. The molecule has 140 valence electrons. The summed E-state index contributed by atoms with van der Waals surface area (Å²) in [5.41, 5.74) is 1.19. The monoisotopic (exact) mass is 365 g/mol. The topological polar surface area (TPSA) is 42.9 Å². The van der Waals surface area contributed by atoms with Gasteiger partial charge in [0.15, 0.2) is 5.96 Å². The van der Waals surface area contributed by atoms with Gasteiger partial charge in [-0.05, 0) is 43.6 Å². The summed E-state index contributed by atoms with van der Waals surface area (Å²) in [5.74, 6) is 0.853. The van der Waals surface area contributed by atoms with Crippen molar-refractivity contribution >= 4 is 17.6 Å². The second kappa shape index (κ2) is 11.3. The summed E-state index contributed by atoms with van der Waals surface area (Å²) in [4.78, 5) is 9.38. The fourth-order valence-corrected chi connectivity index (χ4v) is 3.13. The molecule has 0 amide bonds. The van der Waals surface area contributed by atoms with Crippen molar-refractivity contribution in [2.24, 2.45) is 4.99 Å². The van der Waals surface area contributed by atoms with Gasteiger partial charge in [-0.3, -0.25) is 4.99 Å². The Kier molecular flexibility index (Phi) is 9.08. The Morgan fingerprint density at radius 3 is 2.36 bits per heavy atom. The van der Waals surface area contributed by atoms with Crippen LogP contribution in [0.4, 0.5) is 0 Å². The minimum atomic E-state index is 0.749. The van der Waals surface area contributed by atoms with E-state index in [-0.39, 0.29) is 0 Å². The molecule has 1 heterocycles. The lowest BCUT2D eigenvalue weighted by Crippen LogP contribution is -2.46. The largest absolute Gasteiger partial charge is 0.356 e. The Balaban J connectivity index is 1.54. The van der Waals surface area contributed by atoms with Crippen molar-refractivity contribution in [1.29, 1.82) is 0 Å². The van der Waals surface area contributed by atoms with Crippen molar-refractivity contribution in [2.45, 2.75) is 26.3 Å². The van der Waals surface area contributed by atoms with Gasteiger partial charge in [-0.1, -0.05) is 30.7 Å². The molecule has 0 unspecified atom stereocenters. The Morgan fingerprint density at radius 2 is 1.72 bits per heavy atom. The van der Waals surface area contributed by atoms with Crippen molar-refractivity contribution in [3.63, 3.8) is 0 Å². The zero-order valence-electron chi connectivity index (χ0n) is 15.6. The van der Waals surface area contributed by atoms with Crippen LogP contribution in [0.3, 0.4) is 0 Å². The van der Waals surface area contributed by atoms with E-state index in [2.05, 4.69) is 32.3 Å². The first-order valence-electron chi connectivity index (χ1n) is 9.35. The molecule has 0 aliphatic carbocycles. The fourth-order valence-electron chi connectivity index (χ4n) is 3.00. The van der Waals surface area contributed by atoms with Gasteiger partial charge in [0.05, 0.1) is 0 Å². The Morgan fingerprint density at radius 1 is 1.04 bits per heavy atom. The van der Waals surface area contributed by atoms with Gasteiger partial charge in [-0.2, -0.15) is 0 Å². The SMILES string of the molecule is CCN1CCN(CCCCNC(=NC)NCc2ccc(Cl)cc2)CC1. The number of nitrogens with one attached hydrogen (secondary N) is 2. The highest BCUT2D eigenvalue weighted by Crippen LogP contribution is 2.09. The molecule has 1 saturated heterocycles. The van der Waals surface area contributed by atoms with Crippen molar-refractivity contribution in [3.05, 3.63) is 34.9 Å². The summed E-state index contributed by atoms with van der Waals surface area (Å²) in [7, 11) is 1.81. The maximum atomic E-state index is 5.91. The van der Waals surface area contributed by atoms with Crippen LogP contribution >= 0.6 is 11.6 Å². The maximum absolute atomic E-state index is 5.91. The first-order valence-corrected chi connectivity index (χ1v) is 9.72. The normalized spacial score (nSPS) is 16.8. The number of hydrogen-bond donors (Lipinski definition) is 2. The Labute approximate surface area is 157 Å². The minimum absolute atomic E-state index is 0.749. The van der Waals surface area contributed by atoms with Gasteiger partial charge >= 0.3 is 0 Å². The molecule has 2 rings (SSSR count). The van der Waals surface area contributed by atoms with E-state index in [4.69, 9.17) is 11.6 Å². The smallest absolute Gasteiger partial charge is 0.191 e. The molecule has 0 bridgehead atoms. The molecular weight excluding hydrogens is 334 g/mol. The Bertz CT molecular complexity index is 509. The molecule has 2 N–H and O–H groups in total. The lowest BCUT2D eigenvalue weighted by molar-refractivity contribution is 0.136. The second-order valence-electron chi connectivity index (χ2n) is 6.46. The van der Waals surface area contributed by atoms with Gasteiger partial charge in [-0.25, -0.2) is 0 Å². The third-order valence-electron chi connectivity index (χ3n) is 4.70. The summed E-state index contributed by atoms with van der Waals surface area (Å²) in [5, 5.41) is 7.49. The van der Waals surface area contributed by atoms with E-state index < -0.39 is 0 Å². The van der Waals surface area contributed by atoms with E-state index in [1.165, 1.54) is 51.3 Å². The van der Waals surface area contributed by atoms with Crippen molar-refractivity contribution in [3.8, 4) is 0 Å². The van der Waals surface area contributed by atoms with Crippen LogP contribution in [0.2, 0.25) is 5.02 Å². The highest BCUT2D eigenvalue weighted by molar-refractivity contribution is 6.30.